The van der Waals surface area contributed by atoms with E-state index in [1.165, 1.54) is 12.1 Å². The molecule has 0 fully saturated rings. The average molecular weight is 484 g/mol. The van der Waals surface area contributed by atoms with Crippen molar-refractivity contribution in [1.82, 2.24) is 0 Å². The van der Waals surface area contributed by atoms with Crippen LogP contribution in [0.4, 0.5) is 11.4 Å². The number of para-hydroxylation sites is 1. The summed E-state index contributed by atoms with van der Waals surface area (Å²) in [6, 6.07) is 17.4. The van der Waals surface area contributed by atoms with Gasteiger partial charge in [-0.05, 0) is 55.0 Å². The Kier molecular flexibility index (Phi) is 6.93. The van der Waals surface area contributed by atoms with E-state index < -0.39 is 22.5 Å². The number of amides is 1. The van der Waals surface area contributed by atoms with Crippen molar-refractivity contribution in [2.75, 3.05) is 16.2 Å². The second-order valence-electron chi connectivity index (χ2n) is 6.40. The van der Waals surface area contributed by atoms with Crippen LogP contribution >= 0.6 is 34.8 Å². The molecule has 0 radical (unpaired) electrons. The lowest BCUT2D eigenvalue weighted by atomic mass is 10.2. The molecule has 3 rings (SSSR count). The van der Waals surface area contributed by atoms with Gasteiger partial charge in [-0.25, -0.2) is 8.42 Å². The summed E-state index contributed by atoms with van der Waals surface area (Å²) >= 11 is 18.2. The van der Waals surface area contributed by atoms with Gasteiger partial charge in [0.2, 0.25) is 5.91 Å². The Bertz CT molecular complexity index is 1170. The first-order valence-corrected chi connectivity index (χ1v) is 11.4. The van der Waals surface area contributed by atoms with Gasteiger partial charge in [-0.3, -0.25) is 9.10 Å². The molecule has 0 heterocycles. The van der Waals surface area contributed by atoms with Gasteiger partial charge in [0.1, 0.15) is 6.54 Å². The van der Waals surface area contributed by atoms with Crippen molar-refractivity contribution in [1.29, 1.82) is 0 Å². The Morgan fingerprint density at radius 2 is 1.57 bits per heavy atom. The number of carbonyl (C=O) groups is 1. The van der Waals surface area contributed by atoms with E-state index >= 15 is 0 Å². The Morgan fingerprint density at radius 1 is 0.933 bits per heavy atom. The van der Waals surface area contributed by atoms with Crippen LogP contribution in [0, 0.1) is 6.92 Å². The van der Waals surface area contributed by atoms with E-state index in [9.17, 15) is 13.2 Å². The van der Waals surface area contributed by atoms with E-state index in [4.69, 9.17) is 34.8 Å². The Morgan fingerprint density at radius 3 is 2.17 bits per heavy atom. The number of benzene rings is 3. The Balaban J connectivity index is 2.01. The van der Waals surface area contributed by atoms with Crippen molar-refractivity contribution in [2.45, 2.75) is 11.8 Å². The van der Waals surface area contributed by atoms with Gasteiger partial charge in [-0.2, -0.15) is 0 Å². The molecule has 3 aromatic rings. The number of nitrogens with zero attached hydrogens (tertiary/aromatic N) is 1. The van der Waals surface area contributed by atoms with Crippen molar-refractivity contribution in [3.8, 4) is 0 Å². The number of anilines is 2. The molecule has 1 N–H and O–H groups in total. The van der Waals surface area contributed by atoms with Crippen molar-refractivity contribution >= 4 is 62.1 Å². The molecule has 0 aliphatic rings. The third-order valence-electron chi connectivity index (χ3n) is 4.27. The van der Waals surface area contributed by atoms with Crippen LogP contribution in [0.2, 0.25) is 15.1 Å². The van der Waals surface area contributed by atoms with Gasteiger partial charge in [0.15, 0.2) is 0 Å². The standard InChI is InChI=1S/C21H17Cl3N2O3S/c1-14-12-15(22)10-11-19(14)26(30(28,29)16-6-3-2-4-7-16)13-20(27)25-21-17(23)8-5-9-18(21)24/h2-12H,13H2,1H3,(H,25,27). The van der Waals surface area contributed by atoms with Crippen LogP contribution in [0.25, 0.3) is 0 Å². The lowest BCUT2D eigenvalue weighted by molar-refractivity contribution is -0.114. The van der Waals surface area contributed by atoms with Crippen LogP contribution in [0.1, 0.15) is 5.56 Å². The van der Waals surface area contributed by atoms with Crippen molar-refractivity contribution in [2.24, 2.45) is 0 Å². The molecular weight excluding hydrogens is 467 g/mol. The number of sulfonamides is 1. The van der Waals surface area contributed by atoms with E-state index in [1.807, 2.05) is 0 Å². The lowest BCUT2D eigenvalue weighted by Crippen LogP contribution is -2.38. The van der Waals surface area contributed by atoms with E-state index in [2.05, 4.69) is 5.32 Å². The molecule has 0 saturated carbocycles. The molecule has 0 spiro atoms. The number of carbonyl (C=O) groups excluding carboxylic acids is 1. The van der Waals surface area contributed by atoms with Crippen LogP contribution in [-0.2, 0) is 14.8 Å². The minimum Gasteiger partial charge on any atom is -0.322 e. The number of halogens is 3. The highest BCUT2D eigenvalue weighted by Crippen LogP contribution is 2.31. The summed E-state index contributed by atoms with van der Waals surface area (Å²) in [7, 11) is -4.03. The fraction of sp³-hybridized carbons (Fsp3) is 0.0952. The monoisotopic (exact) mass is 482 g/mol. The molecule has 0 aromatic heterocycles. The van der Waals surface area contributed by atoms with Gasteiger partial charge in [0.05, 0.1) is 26.3 Å². The van der Waals surface area contributed by atoms with Crippen molar-refractivity contribution < 1.29 is 13.2 Å². The predicted octanol–water partition coefficient (Wildman–Crippen LogP) is 5.79. The topological polar surface area (TPSA) is 66.5 Å². The largest absolute Gasteiger partial charge is 0.322 e. The summed E-state index contributed by atoms with van der Waals surface area (Å²) in [6.45, 7) is 1.23. The molecule has 0 saturated heterocycles. The molecule has 0 unspecified atom stereocenters. The first kappa shape index (κ1) is 22.4. The fourth-order valence-electron chi connectivity index (χ4n) is 2.84. The molecule has 0 atom stereocenters. The normalized spacial score (nSPS) is 11.2. The molecule has 3 aromatic carbocycles. The number of rotatable bonds is 6. The van der Waals surface area contributed by atoms with E-state index in [-0.39, 0.29) is 20.6 Å². The van der Waals surface area contributed by atoms with Crippen LogP contribution in [0.5, 0.6) is 0 Å². The highest BCUT2D eigenvalue weighted by atomic mass is 35.5. The minimum atomic E-state index is -4.03. The fourth-order valence-corrected chi connectivity index (χ4v) is 5.07. The zero-order chi connectivity index (χ0) is 21.9. The molecular formula is C21H17Cl3N2O3S. The zero-order valence-electron chi connectivity index (χ0n) is 15.8. The summed E-state index contributed by atoms with van der Waals surface area (Å²) in [6.07, 6.45) is 0. The van der Waals surface area contributed by atoms with Crippen molar-refractivity contribution in [3.05, 3.63) is 87.4 Å². The van der Waals surface area contributed by atoms with E-state index in [0.29, 0.717) is 16.3 Å². The van der Waals surface area contributed by atoms with Gasteiger partial charge in [0.25, 0.3) is 10.0 Å². The van der Waals surface area contributed by atoms with E-state index in [0.717, 1.165) is 4.31 Å². The maximum absolute atomic E-state index is 13.4. The van der Waals surface area contributed by atoms with Crippen LogP contribution in [0.15, 0.2) is 71.6 Å². The molecule has 30 heavy (non-hydrogen) atoms. The number of aryl methyl sites for hydroxylation is 1. The number of hydrogen-bond acceptors (Lipinski definition) is 3. The predicted molar refractivity (Wildman–Crippen MR) is 122 cm³/mol. The Labute approximate surface area is 190 Å². The third-order valence-corrected chi connectivity index (χ3v) is 6.91. The summed E-state index contributed by atoms with van der Waals surface area (Å²) in [5.41, 5.74) is 1.16. The average Bonchev–Trinajstić information content (AvgIpc) is 2.70. The first-order chi connectivity index (χ1) is 14.2. The molecule has 5 nitrogen and oxygen atoms in total. The van der Waals surface area contributed by atoms with Gasteiger partial charge in [-0.15, -0.1) is 0 Å². The first-order valence-electron chi connectivity index (χ1n) is 8.78. The van der Waals surface area contributed by atoms with Gasteiger partial charge in [-0.1, -0.05) is 59.1 Å². The molecule has 1 amide bonds. The SMILES string of the molecule is Cc1cc(Cl)ccc1N(CC(=O)Nc1c(Cl)cccc1Cl)S(=O)(=O)c1ccccc1. The summed E-state index contributed by atoms with van der Waals surface area (Å²) < 4.78 is 27.7. The summed E-state index contributed by atoms with van der Waals surface area (Å²) in [5, 5.41) is 3.55. The summed E-state index contributed by atoms with van der Waals surface area (Å²) in [4.78, 5) is 12.9. The Hall–Kier alpha value is -2.25. The molecule has 9 heteroatoms. The maximum Gasteiger partial charge on any atom is 0.264 e. The van der Waals surface area contributed by atoms with E-state index in [1.54, 1.807) is 61.5 Å². The second-order valence-corrected chi connectivity index (χ2v) is 9.51. The van der Waals surface area contributed by atoms with Crippen LogP contribution < -0.4 is 9.62 Å². The van der Waals surface area contributed by atoms with Crippen molar-refractivity contribution in [3.63, 3.8) is 0 Å². The highest BCUT2D eigenvalue weighted by molar-refractivity contribution is 7.92. The third kappa shape index (κ3) is 4.90. The zero-order valence-corrected chi connectivity index (χ0v) is 18.9. The number of hydrogen-bond donors (Lipinski definition) is 1. The molecule has 0 bridgehead atoms. The summed E-state index contributed by atoms with van der Waals surface area (Å²) in [5.74, 6) is -0.598. The van der Waals surface area contributed by atoms with Crippen LogP contribution in [-0.4, -0.2) is 20.9 Å². The second kappa shape index (κ2) is 9.27. The quantitative estimate of drug-likeness (QED) is 0.482. The number of nitrogens with one attached hydrogen (secondary N) is 1. The maximum atomic E-state index is 13.4. The van der Waals surface area contributed by atoms with Gasteiger partial charge in [0, 0.05) is 5.02 Å². The molecule has 0 aliphatic heterocycles. The smallest absolute Gasteiger partial charge is 0.264 e. The van der Waals surface area contributed by atoms with Gasteiger partial charge >= 0.3 is 0 Å². The molecule has 0 aliphatic carbocycles. The molecule has 156 valence electrons. The lowest BCUT2D eigenvalue weighted by Gasteiger charge is -2.26. The van der Waals surface area contributed by atoms with Crippen LogP contribution in [0.3, 0.4) is 0 Å². The minimum absolute atomic E-state index is 0.0583. The van der Waals surface area contributed by atoms with Gasteiger partial charge < -0.3 is 5.32 Å². The highest BCUT2D eigenvalue weighted by Gasteiger charge is 2.28.